The first kappa shape index (κ1) is 18.3. The number of nitrogens with one attached hydrogen (secondary N) is 2. The van der Waals surface area contributed by atoms with Gasteiger partial charge in [-0.15, -0.1) is 0 Å². The molecule has 132 valence electrons. The number of hydrogen-bond donors (Lipinski definition) is 2. The number of unbranched alkanes of at least 4 members (excludes halogenated alkanes) is 1. The summed E-state index contributed by atoms with van der Waals surface area (Å²) in [6.45, 7) is 3.54. The third-order valence-electron chi connectivity index (χ3n) is 3.07. The molecule has 0 saturated carbocycles. The Labute approximate surface area is 141 Å². The molecule has 0 aliphatic heterocycles. The maximum Gasteiger partial charge on any atom is 0.263 e. The highest BCUT2D eigenvalue weighted by atomic mass is 32.2. The van der Waals surface area contributed by atoms with Gasteiger partial charge in [0, 0.05) is 11.8 Å². The molecule has 2 N–H and O–H groups in total. The fourth-order valence-corrected chi connectivity index (χ4v) is 4.13. The van der Waals surface area contributed by atoms with Crippen LogP contribution in [-0.2, 0) is 20.0 Å². The standard InChI is InChI=1S/C14H19N3O5S2/c1-3-4-9-23(18,19)16-12-5-7-13(8-6-12)24(20,21)17-14-10-11(2)22-15-14/h5-8,10,16H,3-4,9H2,1-2H3,(H,15,17). The average molecular weight is 373 g/mol. The van der Waals surface area contributed by atoms with Gasteiger partial charge in [-0.25, -0.2) is 16.8 Å². The van der Waals surface area contributed by atoms with Gasteiger partial charge < -0.3 is 4.52 Å². The smallest absolute Gasteiger partial charge is 0.263 e. The van der Waals surface area contributed by atoms with Crippen LogP contribution in [0, 0.1) is 6.92 Å². The van der Waals surface area contributed by atoms with Crippen LogP contribution in [0.1, 0.15) is 25.5 Å². The molecule has 10 heteroatoms. The minimum Gasteiger partial charge on any atom is -0.360 e. The lowest BCUT2D eigenvalue weighted by Gasteiger charge is -2.09. The summed E-state index contributed by atoms with van der Waals surface area (Å²) >= 11 is 0. The van der Waals surface area contributed by atoms with Crippen molar-refractivity contribution in [2.24, 2.45) is 0 Å². The second-order valence-electron chi connectivity index (χ2n) is 5.23. The van der Waals surface area contributed by atoms with Gasteiger partial charge in [-0.3, -0.25) is 9.44 Å². The molecule has 24 heavy (non-hydrogen) atoms. The van der Waals surface area contributed by atoms with E-state index in [1.165, 1.54) is 30.3 Å². The number of hydrogen-bond acceptors (Lipinski definition) is 6. The van der Waals surface area contributed by atoms with Crippen molar-refractivity contribution >= 4 is 31.6 Å². The highest BCUT2D eigenvalue weighted by Crippen LogP contribution is 2.19. The predicted octanol–water partition coefficient (Wildman–Crippen LogP) is 2.33. The molecule has 2 aromatic rings. The third kappa shape index (κ3) is 4.96. The normalized spacial score (nSPS) is 12.1. The number of sulfonamides is 2. The van der Waals surface area contributed by atoms with Gasteiger partial charge >= 0.3 is 0 Å². The number of nitrogens with zero attached hydrogens (tertiary/aromatic N) is 1. The first-order valence-corrected chi connectivity index (χ1v) is 10.4. The van der Waals surface area contributed by atoms with Crippen LogP contribution in [0.5, 0.6) is 0 Å². The summed E-state index contributed by atoms with van der Waals surface area (Å²) in [7, 11) is -7.25. The molecule has 2 rings (SSSR count). The molecule has 0 aliphatic rings. The summed E-state index contributed by atoms with van der Waals surface area (Å²) in [6.07, 6.45) is 1.33. The Morgan fingerprint density at radius 3 is 2.29 bits per heavy atom. The minimum atomic E-state index is -3.82. The summed E-state index contributed by atoms with van der Waals surface area (Å²) in [5.74, 6) is 0.581. The van der Waals surface area contributed by atoms with Gasteiger partial charge in [0.25, 0.3) is 10.0 Å². The van der Waals surface area contributed by atoms with Crippen LogP contribution in [0.25, 0.3) is 0 Å². The van der Waals surface area contributed by atoms with E-state index in [-0.39, 0.29) is 16.5 Å². The summed E-state index contributed by atoms with van der Waals surface area (Å²) in [5, 5.41) is 3.56. The number of aromatic nitrogens is 1. The van der Waals surface area contributed by atoms with E-state index in [4.69, 9.17) is 4.52 Å². The summed E-state index contributed by atoms with van der Waals surface area (Å²) < 4.78 is 57.6. The Balaban J connectivity index is 2.11. The second-order valence-corrected chi connectivity index (χ2v) is 8.75. The fraction of sp³-hybridized carbons (Fsp3) is 0.357. The van der Waals surface area contributed by atoms with Gasteiger partial charge in [-0.05, 0) is 37.6 Å². The van der Waals surface area contributed by atoms with Crippen LogP contribution in [0.2, 0.25) is 0 Å². The Hall–Kier alpha value is -2.07. The van der Waals surface area contributed by atoms with Gasteiger partial charge in [0.2, 0.25) is 10.0 Å². The molecule has 1 aromatic carbocycles. The summed E-state index contributed by atoms with van der Waals surface area (Å²) in [6, 6.07) is 6.87. The van der Waals surface area contributed by atoms with Crippen LogP contribution < -0.4 is 9.44 Å². The Morgan fingerprint density at radius 2 is 1.75 bits per heavy atom. The van der Waals surface area contributed by atoms with Crippen molar-refractivity contribution in [1.29, 1.82) is 0 Å². The SMILES string of the molecule is CCCCS(=O)(=O)Nc1ccc(S(=O)(=O)Nc2cc(C)on2)cc1. The predicted molar refractivity (Wildman–Crippen MR) is 90.8 cm³/mol. The van der Waals surface area contributed by atoms with Gasteiger partial charge in [0.15, 0.2) is 5.82 Å². The number of aryl methyl sites for hydroxylation is 1. The zero-order chi connectivity index (χ0) is 17.8. The molecule has 8 nitrogen and oxygen atoms in total. The monoisotopic (exact) mass is 373 g/mol. The fourth-order valence-electron chi connectivity index (χ4n) is 1.88. The van der Waals surface area contributed by atoms with Crippen LogP contribution in [0.3, 0.4) is 0 Å². The van der Waals surface area contributed by atoms with Crippen molar-refractivity contribution in [3.8, 4) is 0 Å². The van der Waals surface area contributed by atoms with Crippen molar-refractivity contribution in [2.45, 2.75) is 31.6 Å². The lowest BCUT2D eigenvalue weighted by molar-refractivity contribution is 0.400. The van der Waals surface area contributed by atoms with Crippen LogP contribution >= 0.6 is 0 Å². The van der Waals surface area contributed by atoms with Gasteiger partial charge in [-0.1, -0.05) is 18.5 Å². The quantitative estimate of drug-likeness (QED) is 0.733. The zero-order valence-corrected chi connectivity index (χ0v) is 14.9. The minimum absolute atomic E-state index is 0.0142. The topological polar surface area (TPSA) is 118 Å². The van der Waals surface area contributed by atoms with E-state index >= 15 is 0 Å². The third-order valence-corrected chi connectivity index (χ3v) is 5.81. The van der Waals surface area contributed by atoms with E-state index in [1.54, 1.807) is 6.92 Å². The number of anilines is 2. The molecular formula is C14H19N3O5S2. The van der Waals surface area contributed by atoms with Crippen LogP contribution in [-0.4, -0.2) is 27.7 Å². The Kier molecular flexibility index (Phi) is 5.50. The van der Waals surface area contributed by atoms with E-state index in [0.717, 1.165) is 6.42 Å². The number of rotatable bonds is 8. The first-order chi connectivity index (χ1) is 11.2. The highest BCUT2D eigenvalue weighted by molar-refractivity contribution is 7.93. The molecule has 1 heterocycles. The molecular weight excluding hydrogens is 354 g/mol. The molecule has 0 bridgehead atoms. The lowest BCUT2D eigenvalue weighted by atomic mass is 10.3. The molecule has 0 fully saturated rings. The number of benzene rings is 1. The van der Waals surface area contributed by atoms with Crippen LogP contribution in [0.15, 0.2) is 39.8 Å². The van der Waals surface area contributed by atoms with E-state index in [9.17, 15) is 16.8 Å². The Morgan fingerprint density at radius 1 is 1.08 bits per heavy atom. The highest BCUT2D eigenvalue weighted by Gasteiger charge is 2.17. The van der Waals surface area contributed by atoms with Gasteiger partial charge in [0.1, 0.15) is 5.76 Å². The summed E-state index contributed by atoms with van der Waals surface area (Å²) in [5.41, 5.74) is 0.308. The molecule has 0 spiro atoms. The molecule has 0 amide bonds. The maximum atomic E-state index is 12.2. The van der Waals surface area contributed by atoms with E-state index in [2.05, 4.69) is 14.6 Å². The van der Waals surface area contributed by atoms with Crippen molar-refractivity contribution in [3.63, 3.8) is 0 Å². The van der Waals surface area contributed by atoms with Crippen molar-refractivity contribution in [3.05, 3.63) is 36.1 Å². The van der Waals surface area contributed by atoms with Crippen molar-refractivity contribution in [2.75, 3.05) is 15.2 Å². The van der Waals surface area contributed by atoms with Crippen molar-refractivity contribution in [1.82, 2.24) is 5.16 Å². The van der Waals surface area contributed by atoms with E-state index in [0.29, 0.717) is 17.9 Å². The van der Waals surface area contributed by atoms with Gasteiger partial charge in [-0.2, -0.15) is 0 Å². The van der Waals surface area contributed by atoms with Crippen LogP contribution in [0.4, 0.5) is 11.5 Å². The molecule has 1 aromatic heterocycles. The molecule has 0 saturated heterocycles. The van der Waals surface area contributed by atoms with E-state index < -0.39 is 20.0 Å². The average Bonchev–Trinajstić information content (AvgIpc) is 2.90. The molecule has 0 radical (unpaired) electrons. The Bertz CT molecular complexity index is 887. The largest absolute Gasteiger partial charge is 0.360 e. The molecule has 0 aliphatic carbocycles. The zero-order valence-electron chi connectivity index (χ0n) is 13.3. The van der Waals surface area contributed by atoms with Gasteiger partial charge in [0.05, 0.1) is 10.6 Å². The molecule has 0 atom stereocenters. The lowest BCUT2D eigenvalue weighted by Crippen LogP contribution is -2.17. The second kappa shape index (κ2) is 7.22. The molecule has 0 unspecified atom stereocenters. The van der Waals surface area contributed by atoms with E-state index in [1.807, 2.05) is 6.92 Å². The first-order valence-electron chi connectivity index (χ1n) is 7.28. The summed E-state index contributed by atoms with van der Waals surface area (Å²) in [4.78, 5) is -0.0142. The maximum absolute atomic E-state index is 12.2. The van der Waals surface area contributed by atoms with Crippen molar-refractivity contribution < 1.29 is 21.4 Å².